The number of hydrogen-bond acceptors (Lipinski definition) is 4. The molecule has 1 atom stereocenters. The molecule has 0 bridgehead atoms. The second-order valence-electron chi connectivity index (χ2n) is 2.98. The van der Waals surface area contributed by atoms with Gasteiger partial charge in [0.05, 0.1) is 6.61 Å². The smallest absolute Gasteiger partial charge is 0.0602 e. The Labute approximate surface area is 65.9 Å². The number of nitrogens with one attached hydrogen (secondary N) is 1. The van der Waals surface area contributed by atoms with E-state index < -0.39 is 0 Å². The minimum Gasteiger partial charge on any atom is -0.396 e. The van der Waals surface area contributed by atoms with Crippen molar-refractivity contribution < 1.29 is 15.3 Å². The van der Waals surface area contributed by atoms with Crippen LogP contribution in [-0.2, 0) is 0 Å². The summed E-state index contributed by atoms with van der Waals surface area (Å²) in [6.45, 7) is 0.285. The van der Waals surface area contributed by atoms with Crippen molar-refractivity contribution >= 4 is 0 Å². The van der Waals surface area contributed by atoms with Crippen molar-refractivity contribution in [3.8, 4) is 0 Å². The van der Waals surface area contributed by atoms with Gasteiger partial charge >= 0.3 is 0 Å². The highest BCUT2D eigenvalue weighted by Crippen LogP contribution is 2.32. The monoisotopic (exact) mass is 161 g/mol. The molecule has 1 saturated heterocycles. The highest BCUT2D eigenvalue weighted by molar-refractivity contribution is 5.13. The van der Waals surface area contributed by atoms with Crippen molar-refractivity contribution in [3.05, 3.63) is 0 Å². The van der Waals surface area contributed by atoms with Gasteiger partial charge in [-0.15, -0.1) is 0 Å². The Bertz CT molecular complexity index is 123. The van der Waals surface area contributed by atoms with E-state index in [1.807, 2.05) is 0 Å². The zero-order chi connectivity index (χ0) is 8.32. The minimum atomic E-state index is -0.182. The molecule has 4 heteroatoms. The summed E-state index contributed by atoms with van der Waals surface area (Å²) in [5, 5.41) is 29.2. The van der Waals surface area contributed by atoms with Crippen LogP contribution < -0.4 is 5.32 Å². The normalized spacial score (nSPS) is 27.0. The lowest BCUT2D eigenvalue weighted by Gasteiger charge is -2.10. The van der Waals surface area contributed by atoms with E-state index in [9.17, 15) is 0 Å². The summed E-state index contributed by atoms with van der Waals surface area (Å²) in [7, 11) is 0. The lowest BCUT2D eigenvalue weighted by atomic mass is 9.98. The lowest BCUT2D eigenvalue weighted by molar-refractivity contribution is 0.219. The first-order valence-corrected chi connectivity index (χ1v) is 3.89. The van der Waals surface area contributed by atoms with Gasteiger partial charge < -0.3 is 20.6 Å². The van der Waals surface area contributed by atoms with E-state index in [2.05, 4.69) is 5.32 Å². The largest absolute Gasteiger partial charge is 0.396 e. The molecule has 11 heavy (non-hydrogen) atoms. The van der Waals surface area contributed by atoms with E-state index in [0.29, 0.717) is 12.8 Å². The van der Waals surface area contributed by atoms with Crippen molar-refractivity contribution in [2.24, 2.45) is 0 Å². The molecule has 4 nitrogen and oxygen atoms in total. The fraction of sp³-hybridized carbons (Fsp3) is 1.00. The molecule has 1 aliphatic heterocycles. The zero-order valence-corrected chi connectivity index (χ0v) is 6.45. The Morgan fingerprint density at radius 3 is 1.91 bits per heavy atom. The highest BCUT2D eigenvalue weighted by Gasteiger charge is 2.51. The molecule has 1 aliphatic rings. The van der Waals surface area contributed by atoms with Crippen LogP contribution in [0.5, 0.6) is 0 Å². The fourth-order valence-corrected chi connectivity index (χ4v) is 1.54. The second-order valence-corrected chi connectivity index (χ2v) is 2.98. The molecule has 1 heterocycles. The molecule has 0 aromatic heterocycles. The van der Waals surface area contributed by atoms with E-state index in [1.54, 1.807) is 0 Å². The molecule has 4 N–H and O–H groups in total. The van der Waals surface area contributed by atoms with E-state index in [4.69, 9.17) is 15.3 Å². The van der Waals surface area contributed by atoms with Crippen molar-refractivity contribution in [3.63, 3.8) is 0 Å². The molecule has 1 rings (SSSR count). The average Bonchev–Trinajstić information content (AvgIpc) is 2.65. The van der Waals surface area contributed by atoms with Gasteiger partial charge in [-0.2, -0.15) is 0 Å². The van der Waals surface area contributed by atoms with Crippen LogP contribution in [0.4, 0.5) is 0 Å². The molecule has 66 valence electrons. The van der Waals surface area contributed by atoms with Crippen LogP contribution in [0.25, 0.3) is 0 Å². The van der Waals surface area contributed by atoms with Crippen molar-refractivity contribution in [1.82, 2.24) is 5.32 Å². The topological polar surface area (TPSA) is 82.6 Å². The molecule has 1 fully saturated rings. The predicted octanol–water partition coefficient (Wildman–Crippen LogP) is -1.55. The SMILES string of the molecule is OCCC1(CCO)NC1CO. The molecule has 1 unspecified atom stereocenters. The van der Waals surface area contributed by atoms with E-state index in [1.165, 1.54) is 0 Å². The maximum Gasteiger partial charge on any atom is 0.0602 e. The second kappa shape index (κ2) is 3.49. The molecular formula is C7H15NO3. The van der Waals surface area contributed by atoms with Gasteiger partial charge in [-0.05, 0) is 12.8 Å². The third-order valence-electron chi connectivity index (χ3n) is 2.34. The van der Waals surface area contributed by atoms with Crippen molar-refractivity contribution in [1.29, 1.82) is 0 Å². The van der Waals surface area contributed by atoms with Crippen molar-refractivity contribution in [2.45, 2.75) is 24.4 Å². The van der Waals surface area contributed by atoms with Gasteiger partial charge in [0.15, 0.2) is 0 Å². The van der Waals surface area contributed by atoms with Gasteiger partial charge in [-0.25, -0.2) is 0 Å². The van der Waals surface area contributed by atoms with Crippen LogP contribution in [0, 0.1) is 0 Å². The highest BCUT2D eigenvalue weighted by atomic mass is 16.3. The summed E-state index contributed by atoms with van der Waals surface area (Å²) in [5.41, 5.74) is -0.182. The van der Waals surface area contributed by atoms with Crippen LogP contribution in [0.1, 0.15) is 12.8 Å². The lowest BCUT2D eigenvalue weighted by Crippen LogP contribution is -2.22. The molecular weight excluding hydrogens is 146 g/mol. The Hall–Kier alpha value is -0.160. The van der Waals surface area contributed by atoms with Gasteiger partial charge in [0.25, 0.3) is 0 Å². The Balaban J connectivity index is 2.35. The maximum absolute atomic E-state index is 8.77. The summed E-state index contributed by atoms with van der Waals surface area (Å²) in [5.74, 6) is 0. The summed E-state index contributed by atoms with van der Waals surface area (Å²) < 4.78 is 0. The first-order chi connectivity index (χ1) is 5.29. The predicted molar refractivity (Wildman–Crippen MR) is 40.1 cm³/mol. The van der Waals surface area contributed by atoms with Gasteiger partial charge in [0, 0.05) is 24.8 Å². The summed E-state index contributed by atoms with van der Waals surface area (Å²) in [6, 6.07) is 0.0711. The molecule has 0 aliphatic carbocycles. The van der Waals surface area contributed by atoms with E-state index in [-0.39, 0.29) is 31.4 Å². The van der Waals surface area contributed by atoms with Crippen LogP contribution in [0.15, 0.2) is 0 Å². The summed E-state index contributed by atoms with van der Waals surface area (Å²) >= 11 is 0. The van der Waals surface area contributed by atoms with Crippen LogP contribution >= 0.6 is 0 Å². The molecule has 0 saturated carbocycles. The van der Waals surface area contributed by atoms with Gasteiger partial charge in [-0.3, -0.25) is 0 Å². The Morgan fingerprint density at radius 1 is 1.09 bits per heavy atom. The summed E-state index contributed by atoms with van der Waals surface area (Å²) in [4.78, 5) is 0. The Morgan fingerprint density at radius 2 is 1.64 bits per heavy atom. The molecule has 0 spiro atoms. The Kier molecular flexibility index (Phi) is 2.84. The number of rotatable bonds is 5. The molecule has 0 radical (unpaired) electrons. The standard InChI is InChI=1S/C7H15NO3/c9-3-1-7(2-4-10)6(5-11)8-7/h6,8-11H,1-5H2. The molecule has 0 amide bonds. The quantitative estimate of drug-likeness (QED) is 0.368. The first kappa shape index (κ1) is 8.93. The van der Waals surface area contributed by atoms with E-state index in [0.717, 1.165) is 0 Å². The van der Waals surface area contributed by atoms with E-state index >= 15 is 0 Å². The van der Waals surface area contributed by atoms with Crippen LogP contribution in [-0.4, -0.2) is 46.7 Å². The number of hydrogen-bond donors (Lipinski definition) is 4. The minimum absolute atomic E-state index is 0.0711. The average molecular weight is 161 g/mol. The van der Waals surface area contributed by atoms with Gasteiger partial charge in [0.1, 0.15) is 0 Å². The third-order valence-corrected chi connectivity index (χ3v) is 2.34. The van der Waals surface area contributed by atoms with Crippen LogP contribution in [0.3, 0.4) is 0 Å². The zero-order valence-electron chi connectivity index (χ0n) is 6.45. The van der Waals surface area contributed by atoms with Crippen molar-refractivity contribution in [2.75, 3.05) is 19.8 Å². The maximum atomic E-state index is 8.77. The molecule has 0 aromatic carbocycles. The third kappa shape index (κ3) is 1.70. The summed E-state index contributed by atoms with van der Waals surface area (Å²) in [6.07, 6.45) is 1.22. The fourth-order valence-electron chi connectivity index (χ4n) is 1.54. The molecule has 0 aromatic rings. The number of aliphatic hydroxyl groups is 3. The van der Waals surface area contributed by atoms with Gasteiger partial charge in [0.2, 0.25) is 0 Å². The van der Waals surface area contributed by atoms with Crippen LogP contribution in [0.2, 0.25) is 0 Å². The first-order valence-electron chi connectivity index (χ1n) is 3.89. The van der Waals surface area contributed by atoms with Gasteiger partial charge in [-0.1, -0.05) is 0 Å². The number of aliphatic hydroxyl groups excluding tert-OH is 3.